The van der Waals surface area contributed by atoms with E-state index in [0.717, 1.165) is 108 Å². The zero-order chi connectivity index (χ0) is 63.1. The molecule has 0 bridgehead atoms. The summed E-state index contributed by atoms with van der Waals surface area (Å²) in [6.07, 6.45) is 38.9. The van der Waals surface area contributed by atoms with Crippen molar-refractivity contribution in [3.63, 3.8) is 0 Å². The second-order valence-corrected chi connectivity index (χ2v) is 28.0. The minimum atomic E-state index is -4.95. The first-order valence-electron chi connectivity index (χ1n) is 34.4. The normalized spacial score (nSPS) is 14.6. The van der Waals surface area contributed by atoms with Gasteiger partial charge in [0, 0.05) is 25.7 Å². The SMILES string of the molecule is CCCCCCCCCCCCCC(=O)OC[C@H](COP(=O)(O)OC[C@H](O)COP(=O)(O)OC[C@@H](COC(=O)CCCCCCCCCCC(C)C)OC(=O)CCCCCCCCCCC(C)CC)OC(=O)CCCCCCCCCCC(C)C. The molecule has 0 spiro atoms. The molecule has 0 radical (unpaired) electrons. The van der Waals surface area contributed by atoms with Crippen LogP contribution in [0.3, 0.4) is 0 Å². The summed E-state index contributed by atoms with van der Waals surface area (Å²) in [7, 11) is -9.89. The Hall–Kier alpha value is -1.94. The van der Waals surface area contributed by atoms with Crippen molar-refractivity contribution in [3.05, 3.63) is 0 Å². The molecular weight excluding hydrogens is 1130 g/mol. The first-order valence-corrected chi connectivity index (χ1v) is 37.4. The first-order chi connectivity index (χ1) is 40.8. The van der Waals surface area contributed by atoms with Gasteiger partial charge in [0.05, 0.1) is 26.4 Å². The van der Waals surface area contributed by atoms with Crippen LogP contribution in [0.2, 0.25) is 0 Å². The first kappa shape index (κ1) is 83.1. The molecule has 0 rings (SSSR count). The lowest BCUT2D eigenvalue weighted by Gasteiger charge is -2.21. The predicted molar refractivity (Wildman–Crippen MR) is 340 cm³/mol. The maximum absolute atomic E-state index is 13.0. The Morgan fingerprint density at radius 3 is 0.894 bits per heavy atom. The highest BCUT2D eigenvalue weighted by Gasteiger charge is 2.30. The van der Waals surface area contributed by atoms with Crippen molar-refractivity contribution in [3.8, 4) is 0 Å². The number of unbranched alkanes of at least 4 members (excludes halogenated alkanes) is 31. The lowest BCUT2D eigenvalue weighted by Crippen LogP contribution is -2.30. The number of phosphoric ester groups is 2. The number of hydrogen-bond donors (Lipinski definition) is 3. The van der Waals surface area contributed by atoms with Crippen molar-refractivity contribution < 1.29 is 80.2 Å². The van der Waals surface area contributed by atoms with Crippen LogP contribution in [0, 0.1) is 17.8 Å². The van der Waals surface area contributed by atoms with E-state index in [1.165, 1.54) is 135 Å². The van der Waals surface area contributed by atoms with Gasteiger partial charge in [-0.3, -0.25) is 37.3 Å². The van der Waals surface area contributed by atoms with Crippen molar-refractivity contribution >= 4 is 39.5 Å². The molecule has 3 unspecified atom stereocenters. The molecule has 17 nitrogen and oxygen atoms in total. The van der Waals surface area contributed by atoms with Crippen LogP contribution in [0.1, 0.15) is 325 Å². The van der Waals surface area contributed by atoms with Gasteiger partial charge in [-0.2, -0.15) is 0 Å². The summed E-state index contributed by atoms with van der Waals surface area (Å²) < 4.78 is 68.1. The standard InChI is InChI=1S/C66H128O17P2/c1-8-10-11-12-13-14-15-16-26-33-40-47-63(68)76-53-61(82-65(70)49-42-35-28-21-18-24-31-38-45-58(5)6)55-80-84(72,73)78-51-60(67)52-79-85(74,75)81-56-62(54-77-64(69)48-41-34-27-20-17-23-30-37-44-57(3)4)83-66(71)50-43-36-29-22-19-25-32-39-46-59(7)9-2/h57-62,67H,8-56H2,1-7H3,(H,72,73)(H,74,75)/t59?,60-,61+,62+/m0/s1. The van der Waals surface area contributed by atoms with Crippen LogP contribution in [0.4, 0.5) is 0 Å². The zero-order valence-corrected chi connectivity index (χ0v) is 56.9. The fourth-order valence-electron chi connectivity index (χ4n) is 9.80. The van der Waals surface area contributed by atoms with Gasteiger partial charge in [0.2, 0.25) is 0 Å². The number of ether oxygens (including phenoxy) is 4. The largest absolute Gasteiger partial charge is 0.472 e. The van der Waals surface area contributed by atoms with Crippen LogP contribution < -0.4 is 0 Å². The zero-order valence-electron chi connectivity index (χ0n) is 55.1. The minimum absolute atomic E-state index is 0.104. The van der Waals surface area contributed by atoms with Gasteiger partial charge in [0.1, 0.15) is 19.3 Å². The van der Waals surface area contributed by atoms with E-state index in [1.807, 2.05) is 0 Å². The van der Waals surface area contributed by atoms with E-state index >= 15 is 0 Å². The van der Waals surface area contributed by atoms with Crippen molar-refractivity contribution in [2.75, 3.05) is 39.6 Å². The topological polar surface area (TPSA) is 237 Å². The monoisotopic (exact) mass is 1250 g/mol. The molecule has 0 aliphatic heterocycles. The smallest absolute Gasteiger partial charge is 0.462 e. The fraction of sp³-hybridized carbons (Fsp3) is 0.939. The number of aliphatic hydroxyl groups is 1. The molecule has 19 heteroatoms. The number of carbonyl (C=O) groups excluding carboxylic acids is 4. The molecule has 0 saturated heterocycles. The molecule has 504 valence electrons. The summed E-state index contributed by atoms with van der Waals surface area (Å²) in [5.74, 6) is 0.0794. The molecule has 0 aromatic rings. The molecule has 0 aliphatic rings. The lowest BCUT2D eigenvalue weighted by atomic mass is 9.99. The third-order valence-corrected chi connectivity index (χ3v) is 17.4. The quantitative estimate of drug-likeness (QED) is 0.0222. The minimum Gasteiger partial charge on any atom is -0.462 e. The molecule has 85 heavy (non-hydrogen) atoms. The van der Waals surface area contributed by atoms with Gasteiger partial charge in [0.25, 0.3) is 0 Å². The van der Waals surface area contributed by atoms with Crippen molar-refractivity contribution in [2.24, 2.45) is 17.8 Å². The van der Waals surface area contributed by atoms with Crippen molar-refractivity contribution in [1.82, 2.24) is 0 Å². The molecular formula is C66H128O17P2. The van der Waals surface area contributed by atoms with E-state index in [0.29, 0.717) is 25.7 Å². The Kier molecular flexibility index (Phi) is 55.9. The van der Waals surface area contributed by atoms with E-state index in [1.54, 1.807) is 0 Å². The van der Waals surface area contributed by atoms with E-state index in [2.05, 4.69) is 48.5 Å². The van der Waals surface area contributed by atoms with Gasteiger partial charge in [-0.1, -0.05) is 273 Å². The molecule has 0 aromatic heterocycles. The van der Waals surface area contributed by atoms with Gasteiger partial charge in [-0.05, 0) is 43.4 Å². The highest BCUT2D eigenvalue weighted by Crippen LogP contribution is 2.45. The van der Waals surface area contributed by atoms with Crippen molar-refractivity contribution in [1.29, 1.82) is 0 Å². The third-order valence-electron chi connectivity index (χ3n) is 15.5. The summed E-state index contributed by atoms with van der Waals surface area (Å²) in [4.78, 5) is 72.3. The molecule has 6 atom stereocenters. The highest BCUT2D eigenvalue weighted by atomic mass is 31.2. The van der Waals surface area contributed by atoms with E-state index in [4.69, 9.17) is 37.0 Å². The Morgan fingerprint density at radius 2 is 0.600 bits per heavy atom. The molecule has 0 saturated carbocycles. The van der Waals surface area contributed by atoms with Crippen LogP contribution in [-0.4, -0.2) is 96.7 Å². The second kappa shape index (κ2) is 57.2. The van der Waals surface area contributed by atoms with E-state index in [9.17, 15) is 43.2 Å². The summed E-state index contributed by atoms with van der Waals surface area (Å²) >= 11 is 0. The lowest BCUT2D eigenvalue weighted by molar-refractivity contribution is -0.161. The Balaban J connectivity index is 5.26. The van der Waals surface area contributed by atoms with Crippen molar-refractivity contribution in [2.45, 2.75) is 343 Å². The predicted octanol–water partition coefficient (Wildman–Crippen LogP) is 18.3. The molecule has 0 amide bonds. The number of esters is 4. The van der Waals surface area contributed by atoms with Gasteiger partial charge in [0.15, 0.2) is 12.2 Å². The molecule has 3 N–H and O–H groups in total. The maximum atomic E-state index is 13.0. The van der Waals surface area contributed by atoms with E-state index in [-0.39, 0.29) is 25.7 Å². The van der Waals surface area contributed by atoms with Gasteiger partial charge in [-0.15, -0.1) is 0 Å². The average Bonchev–Trinajstić information content (AvgIpc) is 3.49. The maximum Gasteiger partial charge on any atom is 0.472 e. The summed E-state index contributed by atoms with van der Waals surface area (Å²) in [5.41, 5.74) is 0. The Bertz CT molecular complexity index is 1680. The number of rotatable bonds is 64. The van der Waals surface area contributed by atoms with Gasteiger partial charge in [-0.25, -0.2) is 9.13 Å². The summed E-state index contributed by atoms with van der Waals surface area (Å²) in [5, 5.41) is 10.6. The highest BCUT2D eigenvalue weighted by molar-refractivity contribution is 7.47. The third kappa shape index (κ3) is 59.5. The molecule has 0 heterocycles. The van der Waals surface area contributed by atoms with Crippen LogP contribution in [-0.2, 0) is 65.4 Å². The fourth-order valence-corrected chi connectivity index (χ4v) is 11.4. The van der Waals surface area contributed by atoms with Crippen LogP contribution >= 0.6 is 15.6 Å². The van der Waals surface area contributed by atoms with Crippen LogP contribution in [0.5, 0.6) is 0 Å². The van der Waals surface area contributed by atoms with Crippen LogP contribution in [0.25, 0.3) is 0 Å². The molecule has 0 aromatic carbocycles. The Labute approximate surface area is 517 Å². The number of phosphoric acid groups is 2. The molecule has 0 fully saturated rings. The second-order valence-electron chi connectivity index (χ2n) is 25.1. The summed E-state index contributed by atoms with van der Waals surface area (Å²) in [6.45, 7) is 11.7. The summed E-state index contributed by atoms with van der Waals surface area (Å²) in [6, 6.07) is 0. The number of hydrogen-bond acceptors (Lipinski definition) is 15. The van der Waals surface area contributed by atoms with Gasteiger partial charge >= 0.3 is 39.5 Å². The van der Waals surface area contributed by atoms with Crippen LogP contribution in [0.15, 0.2) is 0 Å². The number of aliphatic hydroxyl groups excluding tert-OH is 1. The molecule has 0 aliphatic carbocycles. The van der Waals surface area contributed by atoms with Gasteiger partial charge < -0.3 is 33.8 Å². The van der Waals surface area contributed by atoms with E-state index < -0.39 is 97.5 Å². The Morgan fingerprint density at radius 1 is 0.341 bits per heavy atom. The number of carbonyl (C=O) groups is 4. The average molecular weight is 1260 g/mol.